The third-order valence-corrected chi connectivity index (χ3v) is 2.95. The molecule has 84 valence electrons. The van der Waals surface area contributed by atoms with E-state index < -0.39 is 0 Å². The van der Waals surface area contributed by atoms with E-state index in [1.807, 2.05) is 6.92 Å². The van der Waals surface area contributed by atoms with Crippen molar-refractivity contribution >= 4 is 11.8 Å². The van der Waals surface area contributed by atoms with E-state index in [1.54, 1.807) is 0 Å². The molecule has 0 aliphatic carbocycles. The Hall–Kier alpha value is -1.50. The first kappa shape index (κ1) is 11.0. The maximum Gasteiger partial charge on any atom is 0.0460 e. The molecule has 1 aliphatic rings. The predicted molar refractivity (Wildman–Crippen MR) is 71.6 cm³/mol. The molecule has 1 aromatic carbocycles. The fourth-order valence-electron chi connectivity index (χ4n) is 1.82. The smallest absolute Gasteiger partial charge is 0.0460 e. The Morgan fingerprint density at radius 2 is 1.88 bits per heavy atom. The van der Waals surface area contributed by atoms with Crippen molar-refractivity contribution in [1.82, 2.24) is 0 Å². The molecule has 16 heavy (non-hydrogen) atoms. The van der Waals surface area contributed by atoms with Gasteiger partial charge < -0.3 is 5.32 Å². The zero-order valence-corrected chi connectivity index (χ0v) is 10.5. The summed E-state index contributed by atoms with van der Waals surface area (Å²) in [6, 6.07) is 6.65. The Kier molecular flexibility index (Phi) is 2.63. The maximum absolute atomic E-state index is 3.43. The Bertz CT molecular complexity index is 459. The van der Waals surface area contributed by atoms with E-state index in [2.05, 4.69) is 62.5 Å². The average Bonchev–Trinajstić information content (AvgIpc) is 2.26. The Labute approximate surface area is 97.9 Å². The highest BCUT2D eigenvalue weighted by atomic mass is 14.9. The SMILES string of the molecule is C/C=C1\C=Cc2ccc(C(C)(C)C)cc2N1. The lowest BCUT2D eigenvalue weighted by atomic mass is 9.86. The van der Waals surface area contributed by atoms with Crippen LogP contribution in [-0.4, -0.2) is 0 Å². The van der Waals surface area contributed by atoms with E-state index in [-0.39, 0.29) is 5.41 Å². The maximum atomic E-state index is 3.43. The second-order valence-corrected chi connectivity index (χ2v) is 5.25. The van der Waals surface area contributed by atoms with Crippen LogP contribution >= 0.6 is 0 Å². The lowest BCUT2D eigenvalue weighted by Gasteiger charge is -2.23. The number of fused-ring (bicyclic) bond motifs is 1. The van der Waals surface area contributed by atoms with Crippen molar-refractivity contribution in [3.05, 3.63) is 47.2 Å². The Balaban J connectivity index is 2.44. The van der Waals surface area contributed by atoms with Crippen LogP contribution < -0.4 is 5.32 Å². The van der Waals surface area contributed by atoms with Crippen molar-refractivity contribution in [2.45, 2.75) is 33.1 Å². The third-order valence-electron chi connectivity index (χ3n) is 2.95. The normalized spacial score (nSPS) is 17.1. The molecule has 1 aliphatic heterocycles. The van der Waals surface area contributed by atoms with E-state index in [9.17, 15) is 0 Å². The molecule has 1 aromatic rings. The van der Waals surface area contributed by atoms with Gasteiger partial charge in [0.25, 0.3) is 0 Å². The van der Waals surface area contributed by atoms with Gasteiger partial charge >= 0.3 is 0 Å². The van der Waals surface area contributed by atoms with Crippen LogP contribution in [0.1, 0.15) is 38.8 Å². The van der Waals surface area contributed by atoms with Crippen molar-refractivity contribution in [3.63, 3.8) is 0 Å². The highest BCUT2D eigenvalue weighted by Gasteiger charge is 2.16. The van der Waals surface area contributed by atoms with Gasteiger partial charge in [-0.1, -0.05) is 45.1 Å². The lowest BCUT2D eigenvalue weighted by molar-refractivity contribution is 0.590. The predicted octanol–water partition coefficient (Wildman–Crippen LogP) is 4.33. The summed E-state index contributed by atoms with van der Waals surface area (Å²) in [4.78, 5) is 0. The Morgan fingerprint density at radius 1 is 1.12 bits per heavy atom. The number of allylic oxidation sites excluding steroid dienone is 2. The van der Waals surface area contributed by atoms with Crippen molar-refractivity contribution in [2.24, 2.45) is 0 Å². The van der Waals surface area contributed by atoms with Crippen LogP contribution in [-0.2, 0) is 5.41 Å². The highest BCUT2D eigenvalue weighted by Crippen LogP contribution is 2.30. The first-order valence-corrected chi connectivity index (χ1v) is 5.76. The largest absolute Gasteiger partial charge is 0.355 e. The third kappa shape index (κ3) is 2.04. The van der Waals surface area contributed by atoms with E-state index >= 15 is 0 Å². The van der Waals surface area contributed by atoms with Gasteiger partial charge in [0.2, 0.25) is 0 Å². The average molecular weight is 213 g/mol. The van der Waals surface area contributed by atoms with Gasteiger partial charge in [0.15, 0.2) is 0 Å². The van der Waals surface area contributed by atoms with E-state index in [1.165, 1.54) is 22.5 Å². The molecule has 0 amide bonds. The molecule has 1 N–H and O–H groups in total. The molecule has 0 fully saturated rings. The second kappa shape index (κ2) is 3.82. The number of rotatable bonds is 0. The molecule has 1 heteroatoms. The van der Waals surface area contributed by atoms with Crippen LogP contribution in [0, 0.1) is 0 Å². The van der Waals surface area contributed by atoms with Gasteiger partial charge in [-0.05, 0) is 35.6 Å². The van der Waals surface area contributed by atoms with Gasteiger partial charge in [0.05, 0.1) is 0 Å². The van der Waals surface area contributed by atoms with Gasteiger partial charge in [-0.2, -0.15) is 0 Å². The molecule has 0 aromatic heterocycles. The van der Waals surface area contributed by atoms with Gasteiger partial charge in [-0.15, -0.1) is 0 Å². The number of hydrogen-bond acceptors (Lipinski definition) is 1. The van der Waals surface area contributed by atoms with Crippen LogP contribution in [0.25, 0.3) is 6.08 Å². The summed E-state index contributed by atoms with van der Waals surface area (Å²) in [6.45, 7) is 8.77. The summed E-state index contributed by atoms with van der Waals surface area (Å²) in [5.41, 5.74) is 5.21. The molecule has 2 rings (SSSR count). The fraction of sp³-hybridized carbons (Fsp3) is 0.333. The zero-order chi connectivity index (χ0) is 11.8. The van der Waals surface area contributed by atoms with E-state index in [4.69, 9.17) is 0 Å². The van der Waals surface area contributed by atoms with Gasteiger partial charge in [-0.25, -0.2) is 0 Å². The molecular weight excluding hydrogens is 194 g/mol. The minimum absolute atomic E-state index is 0.202. The summed E-state index contributed by atoms with van der Waals surface area (Å²) in [5.74, 6) is 0. The topological polar surface area (TPSA) is 12.0 Å². The molecule has 0 saturated heterocycles. The van der Waals surface area contributed by atoms with Crippen LogP contribution in [0.4, 0.5) is 5.69 Å². The van der Waals surface area contributed by atoms with Crippen LogP contribution in [0.5, 0.6) is 0 Å². The standard InChI is InChI=1S/C15H19N/c1-5-13-9-7-11-6-8-12(15(2,3)4)10-14(11)16-13/h5-10,16H,1-4H3/b13-5+. The van der Waals surface area contributed by atoms with Crippen molar-refractivity contribution < 1.29 is 0 Å². The van der Waals surface area contributed by atoms with Crippen LogP contribution in [0.2, 0.25) is 0 Å². The summed E-state index contributed by atoms with van der Waals surface area (Å²) in [7, 11) is 0. The molecule has 1 heterocycles. The fourth-order valence-corrected chi connectivity index (χ4v) is 1.82. The summed E-state index contributed by atoms with van der Waals surface area (Å²) < 4.78 is 0. The Morgan fingerprint density at radius 3 is 2.50 bits per heavy atom. The quantitative estimate of drug-likeness (QED) is 0.676. The van der Waals surface area contributed by atoms with Crippen molar-refractivity contribution in [2.75, 3.05) is 5.32 Å². The van der Waals surface area contributed by atoms with Crippen molar-refractivity contribution in [3.8, 4) is 0 Å². The number of nitrogens with one attached hydrogen (secondary N) is 1. The molecule has 0 saturated carbocycles. The van der Waals surface area contributed by atoms with Gasteiger partial charge in [-0.3, -0.25) is 0 Å². The minimum atomic E-state index is 0.202. The zero-order valence-electron chi connectivity index (χ0n) is 10.5. The van der Waals surface area contributed by atoms with Gasteiger partial charge in [0, 0.05) is 11.4 Å². The number of hydrogen-bond donors (Lipinski definition) is 1. The van der Waals surface area contributed by atoms with Crippen molar-refractivity contribution in [1.29, 1.82) is 0 Å². The molecule has 1 nitrogen and oxygen atoms in total. The minimum Gasteiger partial charge on any atom is -0.355 e. The van der Waals surface area contributed by atoms with Gasteiger partial charge in [0.1, 0.15) is 0 Å². The first-order valence-electron chi connectivity index (χ1n) is 5.76. The summed E-state index contributed by atoms with van der Waals surface area (Å²) >= 11 is 0. The molecular formula is C15H19N. The van der Waals surface area contributed by atoms with Crippen LogP contribution in [0.15, 0.2) is 36.0 Å². The lowest BCUT2D eigenvalue weighted by Crippen LogP contribution is -2.12. The monoisotopic (exact) mass is 213 g/mol. The van der Waals surface area contributed by atoms with E-state index in [0.717, 1.165) is 0 Å². The molecule has 0 radical (unpaired) electrons. The number of benzene rings is 1. The highest BCUT2D eigenvalue weighted by molar-refractivity contribution is 5.75. The summed E-state index contributed by atoms with van der Waals surface area (Å²) in [6.07, 6.45) is 6.36. The van der Waals surface area contributed by atoms with Crippen LogP contribution in [0.3, 0.4) is 0 Å². The number of anilines is 1. The molecule has 0 unspecified atom stereocenters. The van der Waals surface area contributed by atoms with E-state index in [0.29, 0.717) is 0 Å². The molecule has 0 atom stereocenters. The molecule has 0 spiro atoms. The first-order chi connectivity index (χ1) is 7.50. The summed E-state index contributed by atoms with van der Waals surface area (Å²) in [5, 5.41) is 3.43. The molecule has 0 bridgehead atoms. The second-order valence-electron chi connectivity index (χ2n) is 5.25.